The largest absolute Gasteiger partial charge is 0.465 e. The molecule has 2 aromatic carbocycles. The van der Waals surface area contributed by atoms with Crippen LogP contribution in [0.3, 0.4) is 0 Å². The zero-order chi connectivity index (χ0) is 22.0. The Kier molecular flexibility index (Phi) is 6.02. The van der Waals surface area contributed by atoms with Crippen LogP contribution in [-0.2, 0) is 14.3 Å². The van der Waals surface area contributed by atoms with Gasteiger partial charge in [0.15, 0.2) is 5.92 Å². The number of fused-ring (bicyclic) bond motifs is 3. The van der Waals surface area contributed by atoms with E-state index in [1.807, 2.05) is 28.8 Å². The number of unbranched alkanes of at least 4 members (excludes halogenated alkanes) is 2. The third-order valence-electron chi connectivity index (χ3n) is 5.66. The Morgan fingerprint density at radius 1 is 1.13 bits per heavy atom. The van der Waals surface area contributed by atoms with Crippen LogP contribution in [0.4, 0.5) is 10.3 Å². The number of nitrogens with zero attached hydrogens (tertiary/aromatic N) is 3. The van der Waals surface area contributed by atoms with Gasteiger partial charge in [0.1, 0.15) is 5.82 Å². The van der Waals surface area contributed by atoms with Crippen LogP contribution in [0, 0.1) is 11.7 Å². The Bertz CT molecular complexity index is 1110. The first-order valence-electron chi connectivity index (χ1n) is 10.8. The minimum atomic E-state index is -1.12. The quantitative estimate of drug-likeness (QED) is 0.319. The number of imidazole rings is 1. The highest BCUT2D eigenvalue weighted by Crippen LogP contribution is 2.41. The molecule has 162 valence electrons. The van der Waals surface area contributed by atoms with E-state index < -0.39 is 23.7 Å². The van der Waals surface area contributed by atoms with Crippen molar-refractivity contribution in [2.45, 2.75) is 39.2 Å². The second-order valence-electron chi connectivity index (χ2n) is 7.70. The first-order valence-corrected chi connectivity index (χ1v) is 10.8. The van der Waals surface area contributed by atoms with Crippen LogP contribution >= 0.6 is 0 Å². The first kappa shape index (κ1) is 21.0. The Hall–Kier alpha value is -3.22. The van der Waals surface area contributed by atoms with Crippen LogP contribution in [0.1, 0.15) is 44.7 Å². The van der Waals surface area contributed by atoms with Gasteiger partial charge in [-0.05, 0) is 43.2 Å². The zero-order valence-electron chi connectivity index (χ0n) is 17.8. The van der Waals surface area contributed by atoms with Gasteiger partial charge >= 0.3 is 5.97 Å². The number of esters is 1. The molecule has 1 aliphatic heterocycles. The number of halogens is 1. The van der Waals surface area contributed by atoms with Gasteiger partial charge in [0, 0.05) is 6.54 Å². The van der Waals surface area contributed by atoms with Gasteiger partial charge in [-0.15, -0.1) is 0 Å². The molecule has 1 amide bonds. The van der Waals surface area contributed by atoms with Crippen molar-refractivity contribution in [3.05, 3.63) is 59.9 Å². The molecule has 2 heterocycles. The smallest absolute Gasteiger partial charge is 0.321 e. The van der Waals surface area contributed by atoms with Gasteiger partial charge in [-0.3, -0.25) is 14.5 Å². The minimum absolute atomic E-state index is 0.159. The summed E-state index contributed by atoms with van der Waals surface area (Å²) in [5, 5.41) is 0. The Morgan fingerprint density at radius 2 is 1.94 bits per heavy atom. The summed E-state index contributed by atoms with van der Waals surface area (Å²) in [5.74, 6) is -2.02. The molecule has 4 rings (SSSR count). The van der Waals surface area contributed by atoms with Crippen LogP contribution < -0.4 is 4.90 Å². The van der Waals surface area contributed by atoms with Crippen molar-refractivity contribution < 1.29 is 18.7 Å². The fourth-order valence-corrected chi connectivity index (χ4v) is 4.27. The molecule has 0 saturated heterocycles. The van der Waals surface area contributed by atoms with Crippen LogP contribution in [0.25, 0.3) is 11.0 Å². The van der Waals surface area contributed by atoms with Crippen molar-refractivity contribution in [2.75, 3.05) is 18.1 Å². The number of amides is 1. The number of hydrogen-bond acceptors (Lipinski definition) is 4. The van der Waals surface area contributed by atoms with Crippen molar-refractivity contribution in [2.24, 2.45) is 5.92 Å². The van der Waals surface area contributed by atoms with Crippen LogP contribution in [0.15, 0.2) is 48.5 Å². The third kappa shape index (κ3) is 3.80. The van der Waals surface area contributed by atoms with Gasteiger partial charge < -0.3 is 9.30 Å². The number of carbonyl (C=O) groups excluding carboxylic acids is 2. The van der Waals surface area contributed by atoms with E-state index in [4.69, 9.17) is 9.72 Å². The molecule has 0 unspecified atom stereocenters. The van der Waals surface area contributed by atoms with E-state index in [9.17, 15) is 14.0 Å². The Morgan fingerprint density at radius 3 is 2.68 bits per heavy atom. The third-order valence-corrected chi connectivity index (χ3v) is 5.66. The maximum absolute atomic E-state index is 14.2. The van der Waals surface area contributed by atoms with Gasteiger partial charge in [-0.1, -0.05) is 44.0 Å². The highest BCUT2D eigenvalue weighted by molar-refractivity contribution is 6.08. The molecule has 0 aliphatic carbocycles. The van der Waals surface area contributed by atoms with E-state index in [1.165, 1.54) is 12.1 Å². The van der Waals surface area contributed by atoms with E-state index >= 15 is 0 Å². The van der Waals surface area contributed by atoms with E-state index in [2.05, 4.69) is 6.92 Å². The van der Waals surface area contributed by atoms with Crippen molar-refractivity contribution in [3.8, 4) is 0 Å². The highest BCUT2D eigenvalue weighted by Gasteiger charge is 2.47. The number of ether oxygens (including phenoxy) is 1. The molecule has 0 radical (unpaired) electrons. The topological polar surface area (TPSA) is 64.4 Å². The minimum Gasteiger partial charge on any atom is -0.465 e. The summed E-state index contributed by atoms with van der Waals surface area (Å²) >= 11 is 0. The van der Waals surface area contributed by atoms with E-state index in [0.29, 0.717) is 18.1 Å². The maximum atomic E-state index is 14.2. The number of aromatic nitrogens is 2. The van der Waals surface area contributed by atoms with Gasteiger partial charge in [0.05, 0.1) is 23.7 Å². The van der Waals surface area contributed by atoms with Gasteiger partial charge in [-0.25, -0.2) is 9.37 Å². The average Bonchev–Trinajstić information content (AvgIpc) is 3.14. The number of anilines is 1. The fraction of sp³-hybridized carbons (Fsp3) is 0.375. The van der Waals surface area contributed by atoms with E-state index in [0.717, 1.165) is 30.3 Å². The lowest BCUT2D eigenvalue weighted by Crippen LogP contribution is -2.50. The number of hydrogen-bond donors (Lipinski definition) is 0. The number of benzene rings is 2. The van der Waals surface area contributed by atoms with Crippen molar-refractivity contribution in [1.82, 2.24) is 9.55 Å². The summed E-state index contributed by atoms with van der Waals surface area (Å²) < 4.78 is 21.3. The van der Waals surface area contributed by atoms with Crippen molar-refractivity contribution in [3.63, 3.8) is 0 Å². The number of carbonyl (C=O) groups is 2. The Labute approximate surface area is 180 Å². The molecule has 3 aromatic rings. The summed E-state index contributed by atoms with van der Waals surface area (Å²) in [4.78, 5) is 33.0. The van der Waals surface area contributed by atoms with Crippen LogP contribution in [-0.4, -0.2) is 34.6 Å². The summed E-state index contributed by atoms with van der Waals surface area (Å²) in [6, 6.07) is 12.8. The van der Waals surface area contributed by atoms with E-state index in [1.54, 1.807) is 24.0 Å². The highest BCUT2D eigenvalue weighted by atomic mass is 19.1. The summed E-state index contributed by atoms with van der Waals surface area (Å²) in [5.41, 5.74) is 2.04. The maximum Gasteiger partial charge on any atom is 0.321 e. The van der Waals surface area contributed by atoms with Crippen LogP contribution in [0.5, 0.6) is 0 Å². The molecule has 1 aliphatic rings. The predicted molar refractivity (Wildman–Crippen MR) is 116 cm³/mol. The molecule has 0 N–H and O–H groups in total. The molecule has 1 aromatic heterocycles. The normalized spacial score (nSPS) is 18.3. The number of para-hydroxylation sites is 2. The second-order valence-corrected chi connectivity index (χ2v) is 7.70. The fourth-order valence-electron chi connectivity index (χ4n) is 4.27. The summed E-state index contributed by atoms with van der Waals surface area (Å²) in [7, 11) is 0. The molecule has 31 heavy (non-hydrogen) atoms. The van der Waals surface area contributed by atoms with Crippen molar-refractivity contribution >= 4 is 28.9 Å². The number of rotatable bonds is 7. The predicted octanol–water partition coefficient (Wildman–Crippen LogP) is 4.48. The molecule has 6 nitrogen and oxygen atoms in total. The summed E-state index contributed by atoms with van der Waals surface area (Å²) in [6.07, 6.45) is 2.76. The summed E-state index contributed by atoms with van der Waals surface area (Å²) in [6.45, 7) is 4.42. The zero-order valence-corrected chi connectivity index (χ0v) is 17.8. The average molecular weight is 423 g/mol. The molecule has 7 heteroatoms. The first-order chi connectivity index (χ1) is 15.1. The van der Waals surface area contributed by atoms with Crippen molar-refractivity contribution in [1.29, 1.82) is 0 Å². The van der Waals surface area contributed by atoms with E-state index in [-0.39, 0.29) is 12.5 Å². The van der Waals surface area contributed by atoms with Gasteiger partial charge in [0.2, 0.25) is 11.9 Å². The standard InChI is InChI=1S/C24H26FN3O3/c1-3-5-8-14-27-22(29)20(23(30)31-4-2)21(16-10-9-11-17(25)15-16)28-19-13-7-6-12-18(19)26-24(27)28/h6-7,9-13,15,20-21H,3-5,8,14H2,1-2H3/t20-,21-/m1/s1. The molecular formula is C24H26FN3O3. The molecule has 0 bridgehead atoms. The second kappa shape index (κ2) is 8.88. The SMILES string of the molecule is CCCCCN1C(=O)[C@H](C(=O)OCC)[C@@H](c2cccc(F)c2)n2c1nc1ccccc12. The molecule has 0 saturated carbocycles. The van der Waals surface area contributed by atoms with Gasteiger partial charge in [-0.2, -0.15) is 0 Å². The molecular weight excluding hydrogens is 397 g/mol. The van der Waals surface area contributed by atoms with Gasteiger partial charge in [0.25, 0.3) is 0 Å². The molecule has 0 fully saturated rings. The lowest BCUT2D eigenvalue weighted by Gasteiger charge is -2.38. The molecule has 2 atom stereocenters. The lowest BCUT2D eigenvalue weighted by atomic mass is 9.89. The monoisotopic (exact) mass is 423 g/mol. The van der Waals surface area contributed by atoms with Crippen LogP contribution in [0.2, 0.25) is 0 Å². The lowest BCUT2D eigenvalue weighted by molar-refractivity contribution is -0.153. The molecule has 0 spiro atoms. The Balaban J connectivity index is 1.94.